The average molecular weight is 412 g/mol. The first-order chi connectivity index (χ1) is 15.1. The van der Waals surface area contributed by atoms with Crippen molar-refractivity contribution in [3.8, 4) is 17.1 Å². The smallest absolute Gasteiger partial charge is 0.257 e. The zero-order valence-electron chi connectivity index (χ0n) is 16.5. The quantitative estimate of drug-likeness (QED) is 0.390. The maximum absolute atomic E-state index is 13.1. The second-order valence-electron chi connectivity index (χ2n) is 6.94. The van der Waals surface area contributed by atoms with E-state index in [1.807, 2.05) is 30.3 Å². The molecule has 0 saturated carbocycles. The van der Waals surface area contributed by atoms with Gasteiger partial charge in [-0.1, -0.05) is 59.8 Å². The predicted octanol–water partition coefficient (Wildman–Crippen LogP) is 4.37. The van der Waals surface area contributed by atoms with Gasteiger partial charge in [0.15, 0.2) is 5.76 Å². The third-order valence-corrected chi connectivity index (χ3v) is 4.89. The molecule has 1 atom stereocenters. The van der Waals surface area contributed by atoms with Crippen LogP contribution < -0.4 is 5.32 Å². The molecule has 154 valence electrons. The number of nitrogens with one attached hydrogen (secondary N) is 2. The maximum Gasteiger partial charge on any atom is 0.257 e. The van der Waals surface area contributed by atoms with Crippen LogP contribution >= 0.6 is 0 Å². The van der Waals surface area contributed by atoms with Crippen LogP contribution in [0.1, 0.15) is 33.9 Å². The first-order valence-corrected chi connectivity index (χ1v) is 9.70. The van der Waals surface area contributed by atoms with Crippen LogP contribution in [0.5, 0.6) is 5.75 Å². The van der Waals surface area contributed by atoms with E-state index < -0.39 is 11.9 Å². The number of carbonyl (C=O) groups excluding carboxylic acids is 1. The number of hydrogen-bond donors (Lipinski definition) is 3. The first kappa shape index (κ1) is 20.0. The van der Waals surface area contributed by atoms with Crippen molar-refractivity contribution < 1.29 is 14.4 Å². The summed E-state index contributed by atoms with van der Waals surface area (Å²) in [6.07, 6.45) is 4.77. The number of aromatic nitrogens is 2. The minimum atomic E-state index is -0.639. The van der Waals surface area contributed by atoms with Crippen molar-refractivity contribution in [1.29, 1.82) is 5.41 Å². The Bertz CT molecular complexity index is 1190. The molecule has 2 heterocycles. The second-order valence-corrected chi connectivity index (χ2v) is 6.94. The Kier molecular flexibility index (Phi) is 5.84. The third-order valence-electron chi connectivity index (χ3n) is 4.89. The van der Waals surface area contributed by atoms with Crippen LogP contribution in [0.25, 0.3) is 11.3 Å². The number of amides is 1. The van der Waals surface area contributed by atoms with E-state index in [-0.39, 0.29) is 23.4 Å². The van der Waals surface area contributed by atoms with Crippen LogP contribution in [0.15, 0.2) is 89.8 Å². The lowest BCUT2D eigenvalue weighted by atomic mass is 9.96. The van der Waals surface area contributed by atoms with E-state index in [9.17, 15) is 9.90 Å². The van der Waals surface area contributed by atoms with Crippen LogP contribution in [0, 0.1) is 5.41 Å². The average Bonchev–Trinajstić information content (AvgIpc) is 3.30. The van der Waals surface area contributed by atoms with Crippen molar-refractivity contribution in [2.45, 2.75) is 12.5 Å². The Morgan fingerprint density at radius 3 is 2.55 bits per heavy atom. The molecular formula is C24H20N4O3. The zero-order valence-corrected chi connectivity index (χ0v) is 16.5. The topological polar surface area (TPSA) is 112 Å². The van der Waals surface area contributed by atoms with Crippen molar-refractivity contribution in [2.24, 2.45) is 0 Å². The summed E-state index contributed by atoms with van der Waals surface area (Å²) in [4.78, 5) is 17.2. The molecule has 31 heavy (non-hydrogen) atoms. The molecule has 0 aliphatic rings. The highest BCUT2D eigenvalue weighted by Gasteiger charge is 2.24. The minimum Gasteiger partial charge on any atom is -0.508 e. The molecule has 0 bridgehead atoms. The van der Waals surface area contributed by atoms with E-state index in [4.69, 9.17) is 9.93 Å². The number of rotatable bonds is 7. The van der Waals surface area contributed by atoms with Gasteiger partial charge in [-0.15, -0.1) is 0 Å². The highest BCUT2D eigenvalue weighted by Crippen LogP contribution is 2.29. The summed E-state index contributed by atoms with van der Waals surface area (Å²) < 4.78 is 5.32. The number of hydrogen-bond acceptors (Lipinski definition) is 6. The van der Waals surface area contributed by atoms with Gasteiger partial charge >= 0.3 is 0 Å². The van der Waals surface area contributed by atoms with Gasteiger partial charge in [-0.2, -0.15) is 0 Å². The molecule has 0 aliphatic heterocycles. The van der Waals surface area contributed by atoms with Crippen molar-refractivity contribution in [2.75, 3.05) is 0 Å². The summed E-state index contributed by atoms with van der Waals surface area (Å²) in [6, 6.07) is 18.9. The second kappa shape index (κ2) is 9.04. The molecule has 0 saturated heterocycles. The summed E-state index contributed by atoms with van der Waals surface area (Å²) in [5, 5.41) is 25.6. The van der Waals surface area contributed by atoms with Crippen molar-refractivity contribution in [1.82, 2.24) is 15.5 Å². The third kappa shape index (κ3) is 4.51. The van der Waals surface area contributed by atoms with Gasteiger partial charge in [0.1, 0.15) is 11.3 Å². The summed E-state index contributed by atoms with van der Waals surface area (Å²) in [7, 11) is 0. The van der Waals surface area contributed by atoms with E-state index in [0.717, 1.165) is 5.56 Å². The van der Waals surface area contributed by atoms with Gasteiger partial charge in [0.2, 0.25) is 0 Å². The van der Waals surface area contributed by atoms with E-state index in [2.05, 4.69) is 15.5 Å². The number of phenolic OH excluding ortho intramolecular Hbond substituents is 1. The van der Waals surface area contributed by atoms with Gasteiger partial charge in [0.25, 0.3) is 5.91 Å². The summed E-state index contributed by atoms with van der Waals surface area (Å²) >= 11 is 0. The molecule has 0 radical (unpaired) electrons. The molecule has 1 unspecified atom stereocenters. The lowest BCUT2D eigenvalue weighted by Crippen LogP contribution is -2.30. The number of benzene rings is 2. The lowest BCUT2D eigenvalue weighted by molar-refractivity contribution is 0.0937. The highest BCUT2D eigenvalue weighted by atomic mass is 16.5. The molecule has 0 spiro atoms. The van der Waals surface area contributed by atoms with Gasteiger partial charge in [-0.3, -0.25) is 9.78 Å². The van der Waals surface area contributed by atoms with E-state index >= 15 is 0 Å². The fourth-order valence-electron chi connectivity index (χ4n) is 3.32. The maximum atomic E-state index is 13.1. The Balaban J connectivity index is 1.63. The number of phenols is 1. The standard InChI is InChI=1S/C24H20N4O3/c25-20(17-9-6-12-26-14-17)13-21(18-10-4-5-11-22(18)29)28-24(30)19-15-27-31-23(19)16-7-2-1-3-8-16/h1-12,14-15,21,25,29H,13H2,(H,28,30). The molecule has 7 heteroatoms. The Hall–Kier alpha value is -4.26. The SMILES string of the molecule is N=C(CC(NC(=O)c1cnoc1-c1ccccc1)c1ccccc1O)c1cccnc1. The van der Waals surface area contributed by atoms with Crippen molar-refractivity contribution >= 4 is 11.6 Å². The molecule has 4 aromatic rings. The minimum absolute atomic E-state index is 0.0420. The summed E-state index contributed by atoms with van der Waals surface area (Å²) in [5.74, 6) is -0.01000. The molecule has 2 aromatic heterocycles. The molecule has 0 fully saturated rings. The van der Waals surface area contributed by atoms with Crippen LogP contribution in [0.3, 0.4) is 0 Å². The largest absolute Gasteiger partial charge is 0.508 e. The fourth-order valence-corrected chi connectivity index (χ4v) is 3.32. The monoisotopic (exact) mass is 412 g/mol. The summed E-state index contributed by atoms with van der Waals surface area (Å²) in [6.45, 7) is 0. The van der Waals surface area contributed by atoms with Crippen molar-refractivity contribution in [3.05, 3.63) is 102 Å². The molecule has 3 N–H and O–H groups in total. The fraction of sp³-hybridized carbons (Fsp3) is 0.0833. The van der Waals surface area contributed by atoms with Gasteiger partial charge < -0.3 is 20.4 Å². The van der Waals surface area contributed by atoms with Gasteiger partial charge in [0.05, 0.1) is 12.2 Å². The zero-order chi connectivity index (χ0) is 21.6. The molecule has 0 aliphatic carbocycles. The van der Waals surface area contributed by atoms with Gasteiger partial charge in [-0.25, -0.2) is 0 Å². The number of pyridine rings is 1. The first-order valence-electron chi connectivity index (χ1n) is 9.70. The Morgan fingerprint density at radius 2 is 1.81 bits per heavy atom. The van der Waals surface area contributed by atoms with E-state index in [1.165, 1.54) is 6.20 Å². The Morgan fingerprint density at radius 1 is 1.03 bits per heavy atom. The lowest BCUT2D eigenvalue weighted by Gasteiger charge is -2.20. The van der Waals surface area contributed by atoms with Crippen LogP contribution in [0.4, 0.5) is 0 Å². The normalized spacial score (nSPS) is 11.6. The van der Waals surface area contributed by atoms with Gasteiger partial charge in [-0.05, 0) is 12.1 Å². The van der Waals surface area contributed by atoms with E-state index in [1.54, 1.807) is 48.8 Å². The molecule has 4 rings (SSSR count). The van der Waals surface area contributed by atoms with Crippen molar-refractivity contribution in [3.63, 3.8) is 0 Å². The molecular weight excluding hydrogens is 392 g/mol. The van der Waals surface area contributed by atoms with E-state index in [0.29, 0.717) is 16.9 Å². The number of nitrogens with zero attached hydrogens (tertiary/aromatic N) is 2. The van der Waals surface area contributed by atoms with Crippen LogP contribution in [-0.4, -0.2) is 26.9 Å². The molecule has 1 amide bonds. The Labute approximate surface area is 178 Å². The predicted molar refractivity (Wildman–Crippen MR) is 116 cm³/mol. The van der Waals surface area contributed by atoms with Crippen LogP contribution in [0.2, 0.25) is 0 Å². The number of aromatic hydroxyl groups is 1. The highest BCUT2D eigenvalue weighted by molar-refractivity contribution is 6.01. The van der Waals surface area contributed by atoms with Gasteiger partial charge in [0, 0.05) is 41.2 Å². The number of para-hydroxylation sites is 1. The summed E-state index contributed by atoms with van der Waals surface area (Å²) in [5.41, 5.74) is 2.46. The molecule has 7 nitrogen and oxygen atoms in total. The van der Waals surface area contributed by atoms with Crippen LogP contribution in [-0.2, 0) is 0 Å². The number of carbonyl (C=O) groups is 1. The molecule has 2 aromatic carbocycles.